The summed E-state index contributed by atoms with van der Waals surface area (Å²) < 4.78 is 0. The fourth-order valence-corrected chi connectivity index (χ4v) is 2.02. The Morgan fingerprint density at radius 2 is 1.70 bits per heavy atom. The molecule has 1 aliphatic heterocycles. The van der Waals surface area contributed by atoms with Crippen molar-refractivity contribution >= 4 is 11.8 Å². The second-order valence-electron chi connectivity index (χ2n) is 5.26. The van der Waals surface area contributed by atoms with Gasteiger partial charge in [0.2, 0.25) is 0 Å². The summed E-state index contributed by atoms with van der Waals surface area (Å²) in [5.74, 6) is -1.07. The predicted molar refractivity (Wildman–Crippen MR) is 78.5 cm³/mol. The van der Waals surface area contributed by atoms with Crippen LogP contribution in [0.2, 0.25) is 0 Å². The van der Waals surface area contributed by atoms with Crippen LogP contribution in [-0.2, 0) is 9.59 Å². The van der Waals surface area contributed by atoms with Crippen molar-refractivity contribution in [3.63, 3.8) is 0 Å². The van der Waals surface area contributed by atoms with Gasteiger partial charge in [-0.15, -0.1) is 0 Å². The maximum Gasteiger partial charge on any atom is 0.309 e. The molecule has 1 heterocycles. The Hall–Kier alpha value is -1.18. The SMILES string of the molecule is CN(C)CCCNC(=O)C(=O)NCCN1CCNCC1. The van der Waals surface area contributed by atoms with Gasteiger partial charge in [-0.25, -0.2) is 0 Å². The van der Waals surface area contributed by atoms with E-state index in [1.807, 2.05) is 19.0 Å². The lowest BCUT2D eigenvalue weighted by molar-refractivity contribution is -0.139. The smallest absolute Gasteiger partial charge is 0.309 e. The minimum Gasteiger partial charge on any atom is -0.348 e. The summed E-state index contributed by atoms with van der Waals surface area (Å²) >= 11 is 0. The van der Waals surface area contributed by atoms with Crippen LogP contribution in [0.15, 0.2) is 0 Å². The summed E-state index contributed by atoms with van der Waals surface area (Å²) in [5.41, 5.74) is 0. The van der Waals surface area contributed by atoms with E-state index >= 15 is 0 Å². The average molecular weight is 285 g/mol. The van der Waals surface area contributed by atoms with Gasteiger partial charge in [0.1, 0.15) is 0 Å². The molecule has 1 fully saturated rings. The van der Waals surface area contributed by atoms with Crippen molar-refractivity contribution in [2.75, 3.05) is 66.5 Å². The Labute approximate surface area is 121 Å². The summed E-state index contributed by atoms with van der Waals surface area (Å²) in [7, 11) is 3.95. The lowest BCUT2D eigenvalue weighted by Crippen LogP contribution is -2.48. The molecule has 0 aromatic heterocycles. The molecule has 0 unspecified atom stereocenters. The topological polar surface area (TPSA) is 76.7 Å². The molecule has 3 N–H and O–H groups in total. The van der Waals surface area contributed by atoms with Gasteiger partial charge < -0.3 is 20.9 Å². The molecule has 1 aliphatic rings. The highest BCUT2D eigenvalue weighted by atomic mass is 16.2. The number of hydrogen-bond donors (Lipinski definition) is 3. The zero-order valence-electron chi connectivity index (χ0n) is 12.6. The van der Waals surface area contributed by atoms with E-state index in [4.69, 9.17) is 0 Å². The Balaban J connectivity index is 2.04. The first kappa shape index (κ1) is 16.9. The second-order valence-corrected chi connectivity index (χ2v) is 5.26. The van der Waals surface area contributed by atoms with Crippen LogP contribution in [0.3, 0.4) is 0 Å². The lowest BCUT2D eigenvalue weighted by Gasteiger charge is -2.26. The van der Waals surface area contributed by atoms with Crippen LogP contribution in [0.5, 0.6) is 0 Å². The molecule has 0 aliphatic carbocycles. The molecular formula is C13H27N5O2. The Bertz CT molecular complexity index is 303. The van der Waals surface area contributed by atoms with Gasteiger partial charge >= 0.3 is 11.8 Å². The molecule has 1 rings (SSSR count). The van der Waals surface area contributed by atoms with Crippen molar-refractivity contribution in [2.45, 2.75) is 6.42 Å². The van der Waals surface area contributed by atoms with E-state index in [-0.39, 0.29) is 0 Å². The Morgan fingerprint density at radius 1 is 1.10 bits per heavy atom. The van der Waals surface area contributed by atoms with Gasteiger partial charge in [-0.05, 0) is 27.1 Å². The van der Waals surface area contributed by atoms with E-state index in [0.29, 0.717) is 13.1 Å². The number of carbonyl (C=O) groups is 2. The van der Waals surface area contributed by atoms with E-state index < -0.39 is 11.8 Å². The highest BCUT2D eigenvalue weighted by Crippen LogP contribution is 1.89. The number of amides is 2. The molecular weight excluding hydrogens is 258 g/mol. The van der Waals surface area contributed by atoms with Crippen LogP contribution >= 0.6 is 0 Å². The largest absolute Gasteiger partial charge is 0.348 e. The van der Waals surface area contributed by atoms with Gasteiger partial charge in [0.25, 0.3) is 0 Å². The molecule has 0 aromatic rings. The number of hydrogen-bond acceptors (Lipinski definition) is 5. The third kappa shape index (κ3) is 7.42. The molecule has 7 heteroatoms. The molecule has 1 saturated heterocycles. The summed E-state index contributed by atoms with van der Waals surface area (Å²) in [4.78, 5) is 27.4. The van der Waals surface area contributed by atoms with Gasteiger partial charge in [-0.1, -0.05) is 0 Å². The quantitative estimate of drug-likeness (QED) is 0.375. The van der Waals surface area contributed by atoms with Crippen molar-refractivity contribution in [2.24, 2.45) is 0 Å². The molecule has 0 radical (unpaired) electrons. The van der Waals surface area contributed by atoms with Crippen LogP contribution in [0.4, 0.5) is 0 Å². The van der Waals surface area contributed by atoms with Crippen molar-refractivity contribution in [1.29, 1.82) is 0 Å². The van der Waals surface area contributed by atoms with Crippen molar-refractivity contribution < 1.29 is 9.59 Å². The highest BCUT2D eigenvalue weighted by molar-refractivity contribution is 6.35. The first-order valence-electron chi connectivity index (χ1n) is 7.23. The second kappa shape index (κ2) is 9.68. The van der Waals surface area contributed by atoms with Gasteiger partial charge in [-0.2, -0.15) is 0 Å². The minimum atomic E-state index is -0.538. The lowest BCUT2D eigenvalue weighted by atomic mass is 10.3. The summed E-state index contributed by atoms with van der Waals surface area (Å²) in [5, 5.41) is 8.55. The van der Waals surface area contributed by atoms with Crippen molar-refractivity contribution in [1.82, 2.24) is 25.8 Å². The molecule has 7 nitrogen and oxygen atoms in total. The normalized spacial score (nSPS) is 16.1. The van der Waals surface area contributed by atoms with Crippen LogP contribution in [-0.4, -0.2) is 88.1 Å². The first-order chi connectivity index (χ1) is 9.59. The van der Waals surface area contributed by atoms with Crippen LogP contribution in [0.1, 0.15) is 6.42 Å². The minimum absolute atomic E-state index is 0.518. The average Bonchev–Trinajstić information content (AvgIpc) is 2.44. The van der Waals surface area contributed by atoms with E-state index in [9.17, 15) is 9.59 Å². The summed E-state index contributed by atoms with van der Waals surface area (Å²) in [6, 6.07) is 0. The van der Waals surface area contributed by atoms with E-state index in [0.717, 1.165) is 45.7 Å². The number of nitrogens with zero attached hydrogens (tertiary/aromatic N) is 2. The van der Waals surface area contributed by atoms with E-state index in [1.54, 1.807) is 0 Å². The Morgan fingerprint density at radius 3 is 2.30 bits per heavy atom. The number of rotatable bonds is 7. The fourth-order valence-electron chi connectivity index (χ4n) is 2.02. The first-order valence-corrected chi connectivity index (χ1v) is 7.23. The Kier molecular flexibility index (Phi) is 8.17. The van der Waals surface area contributed by atoms with E-state index in [1.165, 1.54) is 0 Å². The summed E-state index contributed by atoms with van der Waals surface area (Å²) in [6.45, 7) is 6.69. The van der Waals surface area contributed by atoms with E-state index in [2.05, 4.69) is 20.9 Å². The molecule has 0 atom stereocenters. The zero-order chi connectivity index (χ0) is 14.8. The van der Waals surface area contributed by atoms with Gasteiger partial charge in [0, 0.05) is 45.8 Å². The van der Waals surface area contributed by atoms with Gasteiger partial charge in [0.15, 0.2) is 0 Å². The van der Waals surface area contributed by atoms with Crippen LogP contribution in [0, 0.1) is 0 Å². The summed E-state index contributed by atoms with van der Waals surface area (Å²) in [6.07, 6.45) is 0.840. The number of piperazine rings is 1. The fraction of sp³-hybridized carbons (Fsp3) is 0.846. The molecule has 0 saturated carbocycles. The third-order valence-corrected chi connectivity index (χ3v) is 3.20. The number of carbonyl (C=O) groups excluding carboxylic acids is 2. The number of nitrogens with one attached hydrogen (secondary N) is 3. The molecule has 0 aromatic carbocycles. The standard InChI is InChI=1S/C13H27N5O2/c1-17(2)8-3-4-15-12(19)13(20)16-7-11-18-9-5-14-6-10-18/h14H,3-11H2,1-2H3,(H,15,19)(H,16,20). The van der Waals surface area contributed by atoms with Crippen LogP contribution < -0.4 is 16.0 Å². The van der Waals surface area contributed by atoms with Gasteiger partial charge in [0.05, 0.1) is 0 Å². The highest BCUT2D eigenvalue weighted by Gasteiger charge is 2.13. The zero-order valence-corrected chi connectivity index (χ0v) is 12.6. The maximum atomic E-state index is 11.5. The third-order valence-electron chi connectivity index (χ3n) is 3.20. The molecule has 0 bridgehead atoms. The predicted octanol–water partition coefficient (Wildman–Crippen LogP) is -1.92. The molecule has 116 valence electrons. The monoisotopic (exact) mass is 285 g/mol. The van der Waals surface area contributed by atoms with Crippen molar-refractivity contribution in [3.05, 3.63) is 0 Å². The van der Waals surface area contributed by atoms with Crippen LogP contribution in [0.25, 0.3) is 0 Å². The maximum absolute atomic E-state index is 11.5. The molecule has 2 amide bonds. The molecule has 20 heavy (non-hydrogen) atoms. The molecule has 0 spiro atoms. The van der Waals surface area contributed by atoms with Crippen molar-refractivity contribution in [3.8, 4) is 0 Å². The van der Waals surface area contributed by atoms with Gasteiger partial charge in [-0.3, -0.25) is 14.5 Å².